The molecule has 0 bridgehead atoms. The van der Waals surface area contributed by atoms with E-state index in [0.717, 1.165) is 49.5 Å². The van der Waals surface area contributed by atoms with Crippen LogP contribution in [0, 0.1) is 12.8 Å². The first-order chi connectivity index (χ1) is 11.7. The number of para-hydroxylation sites is 1. The van der Waals surface area contributed by atoms with E-state index in [9.17, 15) is 4.79 Å². The van der Waals surface area contributed by atoms with E-state index in [0.29, 0.717) is 5.91 Å². The van der Waals surface area contributed by atoms with Crippen molar-refractivity contribution in [3.63, 3.8) is 0 Å². The zero-order valence-electron chi connectivity index (χ0n) is 14.2. The van der Waals surface area contributed by atoms with Gasteiger partial charge in [-0.1, -0.05) is 36.3 Å². The average Bonchev–Trinajstić information content (AvgIpc) is 3.25. The van der Waals surface area contributed by atoms with Crippen LogP contribution in [-0.4, -0.2) is 35.0 Å². The predicted molar refractivity (Wildman–Crippen MR) is 96.5 cm³/mol. The third kappa shape index (κ3) is 3.14. The Kier molecular flexibility index (Phi) is 4.44. The number of ether oxygens (including phenoxy) is 1. The molecule has 2 fully saturated rings. The number of thiazole rings is 1. The van der Waals surface area contributed by atoms with Crippen LogP contribution < -0.4 is 4.74 Å². The molecule has 0 spiro atoms. The number of fused-ring (bicyclic) bond motifs is 1. The van der Waals surface area contributed by atoms with Crippen LogP contribution in [0.5, 0.6) is 5.19 Å². The fraction of sp³-hybridized carbons (Fsp3) is 0.579. The molecule has 1 saturated carbocycles. The molecule has 1 saturated heterocycles. The summed E-state index contributed by atoms with van der Waals surface area (Å²) in [5.41, 5.74) is 2.24. The molecule has 4 nitrogen and oxygen atoms in total. The molecule has 5 heteroatoms. The van der Waals surface area contributed by atoms with Crippen LogP contribution in [0.3, 0.4) is 0 Å². The quantitative estimate of drug-likeness (QED) is 0.839. The highest BCUT2D eigenvalue weighted by molar-refractivity contribution is 7.20. The van der Waals surface area contributed by atoms with Crippen molar-refractivity contribution in [3.8, 4) is 5.19 Å². The van der Waals surface area contributed by atoms with Gasteiger partial charge in [0.15, 0.2) is 0 Å². The monoisotopic (exact) mass is 344 g/mol. The highest BCUT2D eigenvalue weighted by atomic mass is 32.1. The van der Waals surface area contributed by atoms with Crippen LogP contribution in [0.25, 0.3) is 10.2 Å². The summed E-state index contributed by atoms with van der Waals surface area (Å²) >= 11 is 1.62. The highest BCUT2D eigenvalue weighted by Crippen LogP contribution is 2.32. The van der Waals surface area contributed by atoms with Gasteiger partial charge in [-0.2, -0.15) is 0 Å². The van der Waals surface area contributed by atoms with Crippen molar-refractivity contribution >= 4 is 27.5 Å². The zero-order chi connectivity index (χ0) is 16.5. The molecular formula is C19H24N2O2S. The van der Waals surface area contributed by atoms with E-state index < -0.39 is 0 Å². The third-order valence-corrected chi connectivity index (χ3v) is 6.24. The van der Waals surface area contributed by atoms with Crippen LogP contribution in [-0.2, 0) is 4.79 Å². The number of carbonyl (C=O) groups is 1. The Bertz CT molecular complexity index is 728. The van der Waals surface area contributed by atoms with E-state index in [4.69, 9.17) is 4.74 Å². The number of aryl methyl sites for hydroxylation is 1. The van der Waals surface area contributed by atoms with Crippen molar-refractivity contribution in [2.75, 3.05) is 13.1 Å². The van der Waals surface area contributed by atoms with Gasteiger partial charge in [0, 0.05) is 31.8 Å². The summed E-state index contributed by atoms with van der Waals surface area (Å²) < 4.78 is 7.30. The molecule has 2 heterocycles. The Labute approximate surface area is 146 Å². The second-order valence-electron chi connectivity index (χ2n) is 7.03. The lowest BCUT2D eigenvalue weighted by Gasteiger charge is -2.33. The van der Waals surface area contributed by atoms with Crippen molar-refractivity contribution < 1.29 is 9.53 Å². The maximum atomic E-state index is 12.5. The van der Waals surface area contributed by atoms with Gasteiger partial charge in [-0.3, -0.25) is 4.79 Å². The fourth-order valence-electron chi connectivity index (χ4n) is 3.88. The second-order valence-corrected chi connectivity index (χ2v) is 8.02. The molecule has 1 aliphatic heterocycles. The highest BCUT2D eigenvalue weighted by Gasteiger charge is 2.30. The lowest BCUT2D eigenvalue weighted by molar-refractivity contribution is -0.137. The normalized spacial score (nSPS) is 20.0. The summed E-state index contributed by atoms with van der Waals surface area (Å²) in [6.45, 7) is 3.73. The first-order valence-corrected chi connectivity index (χ1v) is 9.84. The molecule has 2 aromatic rings. The lowest BCUT2D eigenvalue weighted by Crippen LogP contribution is -2.43. The molecule has 0 atom stereocenters. The van der Waals surface area contributed by atoms with Gasteiger partial charge in [0.1, 0.15) is 6.10 Å². The Balaban J connectivity index is 1.35. The Morgan fingerprint density at radius 3 is 2.67 bits per heavy atom. The Morgan fingerprint density at radius 2 is 1.96 bits per heavy atom. The standard InChI is InChI=1S/C19H24N2O2S/c1-13-5-4-8-16-17(13)20-19(24-16)23-15-9-11-21(12-10-15)18(22)14-6-2-3-7-14/h4-5,8,14-15H,2-3,6-7,9-12H2,1H3. The molecule has 2 aliphatic rings. The maximum absolute atomic E-state index is 12.5. The van der Waals surface area contributed by atoms with Crippen LogP contribution in [0.15, 0.2) is 18.2 Å². The first-order valence-electron chi connectivity index (χ1n) is 9.02. The van der Waals surface area contributed by atoms with E-state index in [1.807, 2.05) is 0 Å². The molecule has 0 radical (unpaired) electrons. The molecule has 0 N–H and O–H groups in total. The SMILES string of the molecule is Cc1cccc2sc(OC3CCN(C(=O)C4CCCC4)CC3)nc12. The van der Waals surface area contributed by atoms with Crippen LogP contribution in [0.4, 0.5) is 0 Å². The number of aromatic nitrogens is 1. The number of carbonyl (C=O) groups excluding carboxylic acids is 1. The molecular weight excluding hydrogens is 320 g/mol. The van der Waals surface area contributed by atoms with Gasteiger partial charge >= 0.3 is 0 Å². The van der Waals surface area contributed by atoms with Crippen LogP contribution >= 0.6 is 11.3 Å². The number of piperidine rings is 1. The van der Waals surface area contributed by atoms with E-state index in [1.165, 1.54) is 23.1 Å². The van der Waals surface area contributed by atoms with Gasteiger partial charge < -0.3 is 9.64 Å². The van der Waals surface area contributed by atoms with E-state index in [1.54, 1.807) is 11.3 Å². The summed E-state index contributed by atoms with van der Waals surface area (Å²) in [4.78, 5) is 19.2. The molecule has 0 unspecified atom stereocenters. The summed E-state index contributed by atoms with van der Waals surface area (Å²) in [5.74, 6) is 0.663. The second kappa shape index (κ2) is 6.71. The van der Waals surface area contributed by atoms with Crippen molar-refractivity contribution in [2.24, 2.45) is 5.92 Å². The summed E-state index contributed by atoms with van der Waals surface area (Å²) in [6.07, 6.45) is 6.60. The van der Waals surface area contributed by atoms with E-state index >= 15 is 0 Å². The van der Waals surface area contributed by atoms with E-state index in [2.05, 4.69) is 35.0 Å². The number of likely N-dealkylation sites (tertiary alicyclic amines) is 1. The number of nitrogens with zero attached hydrogens (tertiary/aromatic N) is 2. The number of hydrogen-bond acceptors (Lipinski definition) is 4. The summed E-state index contributed by atoms with van der Waals surface area (Å²) in [6, 6.07) is 6.24. The smallest absolute Gasteiger partial charge is 0.274 e. The predicted octanol–water partition coefficient (Wildman–Crippen LogP) is 4.16. The van der Waals surface area contributed by atoms with Gasteiger partial charge in [-0.05, 0) is 31.4 Å². The number of hydrogen-bond donors (Lipinski definition) is 0. The minimum atomic E-state index is 0.179. The fourth-order valence-corrected chi connectivity index (χ4v) is 4.84. The van der Waals surface area contributed by atoms with Gasteiger partial charge in [0.05, 0.1) is 10.2 Å². The van der Waals surface area contributed by atoms with Crippen LogP contribution in [0.1, 0.15) is 44.1 Å². The maximum Gasteiger partial charge on any atom is 0.274 e. The zero-order valence-corrected chi connectivity index (χ0v) is 15.0. The third-order valence-electron chi connectivity index (χ3n) is 5.33. The molecule has 1 aromatic carbocycles. The van der Waals surface area contributed by atoms with Crippen molar-refractivity contribution in [1.29, 1.82) is 0 Å². The minimum Gasteiger partial charge on any atom is -0.467 e. The topological polar surface area (TPSA) is 42.4 Å². The molecule has 128 valence electrons. The largest absolute Gasteiger partial charge is 0.467 e. The Morgan fingerprint density at radius 1 is 1.21 bits per heavy atom. The summed E-state index contributed by atoms with van der Waals surface area (Å²) in [5, 5.41) is 0.764. The van der Waals surface area contributed by atoms with Crippen molar-refractivity contribution in [1.82, 2.24) is 9.88 Å². The van der Waals surface area contributed by atoms with Gasteiger partial charge in [-0.15, -0.1) is 0 Å². The van der Waals surface area contributed by atoms with E-state index in [-0.39, 0.29) is 12.0 Å². The molecule has 1 aliphatic carbocycles. The van der Waals surface area contributed by atoms with Crippen molar-refractivity contribution in [2.45, 2.75) is 51.6 Å². The number of benzene rings is 1. The molecule has 1 aromatic heterocycles. The molecule has 1 amide bonds. The number of rotatable bonds is 3. The molecule has 4 rings (SSSR count). The van der Waals surface area contributed by atoms with Gasteiger partial charge in [0.25, 0.3) is 5.19 Å². The lowest BCUT2D eigenvalue weighted by atomic mass is 10.0. The molecule has 24 heavy (non-hydrogen) atoms. The van der Waals surface area contributed by atoms with Gasteiger partial charge in [-0.25, -0.2) is 4.98 Å². The summed E-state index contributed by atoms with van der Waals surface area (Å²) in [7, 11) is 0. The van der Waals surface area contributed by atoms with Crippen molar-refractivity contribution in [3.05, 3.63) is 23.8 Å². The first kappa shape index (κ1) is 15.9. The van der Waals surface area contributed by atoms with Gasteiger partial charge in [0.2, 0.25) is 5.91 Å². The Hall–Kier alpha value is -1.62. The number of amides is 1. The van der Waals surface area contributed by atoms with Crippen LogP contribution in [0.2, 0.25) is 0 Å². The minimum absolute atomic E-state index is 0.179. The average molecular weight is 344 g/mol.